The number of benzene rings is 2. The molecule has 0 unspecified atom stereocenters. The Morgan fingerprint density at radius 1 is 1.00 bits per heavy atom. The molecule has 6 heteroatoms. The molecule has 0 aliphatic rings. The van der Waals surface area contributed by atoms with Crippen LogP contribution in [0.1, 0.15) is 15.9 Å². The average Bonchev–Trinajstić information content (AvgIpc) is 2.61. The van der Waals surface area contributed by atoms with E-state index < -0.39 is 0 Å². The molecule has 0 fully saturated rings. The lowest BCUT2D eigenvalue weighted by molar-refractivity contribution is 0.104. The number of halogens is 2. The Labute approximate surface area is 150 Å². The molecule has 0 saturated heterocycles. The molecule has 0 radical (unpaired) electrons. The van der Waals surface area contributed by atoms with Gasteiger partial charge in [-0.1, -0.05) is 35.3 Å². The molecule has 0 N–H and O–H groups in total. The van der Waals surface area contributed by atoms with Crippen LogP contribution in [0.5, 0.6) is 17.2 Å². The molecular weight excluding hydrogens is 351 g/mol. The summed E-state index contributed by atoms with van der Waals surface area (Å²) in [6, 6.07) is 8.40. The first kappa shape index (κ1) is 18.2. The Morgan fingerprint density at radius 2 is 1.62 bits per heavy atom. The highest BCUT2D eigenvalue weighted by Gasteiger charge is 2.15. The molecule has 0 saturated carbocycles. The smallest absolute Gasteiger partial charge is 0.203 e. The van der Waals surface area contributed by atoms with Crippen LogP contribution in [0.3, 0.4) is 0 Å². The van der Waals surface area contributed by atoms with Gasteiger partial charge in [0.05, 0.1) is 31.4 Å². The van der Waals surface area contributed by atoms with Crippen molar-refractivity contribution in [3.05, 3.63) is 57.6 Å². The molecule has 0 aromatic heterocycles. The van der Waals surface area contributed by atoms with Crippen molar-refractivity contribution in [1.29, 1.82) is 0 Å². The summed E-state index contributed by atoms with van der Waals surface area (Å²) in [5.74, 6) is 1.02. The lowest BCUT2D eigenvalue weighted by Gasteiger charge is -2.13. The van der Waals surface area contributed by atoms with Gasteiger partial charge in [-0.2, -0.15) is 0 Å². The molecule has 2 rings (SSSR count). The number of hydrogen-bond acceptors (Lipinski definition) is 4. The summed E-state index contributed by atoms with van der Waals surface area (Å²) in [5, 5.41) is 0.826. The van der Waals surface area contributed by atoms with Crippen LogP contribution in [0.15, 0.2) is 36.4 Å². The summed E-state index contributed by atoms with van der Waals surface area (Å²) in [5.41, 5.74) is 1.06. The van der Waals surface area contributed by atoms with E-state index in [1.807, 2.05) is 0 Å². The third-order valence-corrected chi connectivity index (χ3v) is 4.18. The molecule has 0 bridgehead atoms. The van der Waals surface area contributed by atoms with Crippen molar-refractivity contribution in [2.75, 3.05) is 21.3 Å². The zero-order chi connectivity index (χ0) is 17.7. The van der Waals surface area contributed by atoms with Crippen LogP contribution in [-0.4, -0.2) is 27.1 Å². The van der Waals surface area contributed by atoms with E-state index in [4.69, 9.17) is 37.4 Å². The molecule has 0 aliphatic heterocycles. The van der Waals surface area contributed by atoms with Crippen molar-refractivity contribution in [3.63, 3.8) is 0 Å². The molecule has 126 valence electrons. The second-order valence-electron chi connectivity index (χ2n) is 4.75. The molecule has 4 nitrogen and oxygen atoms in total. The number of ketones is 1. The molecule has 0 heterocycles. The fourth-order valence-corrected chi connectivity index (χ4v) is 2.51. The quantitative estimate of drug-likeness (QED) is 0.537. The second-order valence-corrected chi connectivity index (χ2v) is 5.54. The minimum absolute atomic E-state index is 0.231. The zero-order valence-electron chi connectivity index (χ0n) is 13.4. The van der Waals surface area contributed by atoms with Crippen molar-refractivity contribution in [3.8, 4) is 17.2 Å². The van der Waals surface area contributed by atoms with Crippen LogP contribution >= 0.6 is 23.2 Å². The minimum atomic E-state index is -0.231. The summed E-state index contributed by atoms with van der Waals surface area (Å²) in [7, 11) is 4.49. The van der Waals surface area contributed by atoms with E-state index in [2.05, 4.69) is 0 Å². The molecule has 0 amide bonds. The Hall–Kier alpha value is -2.17. The third-order valence-electron chi connectivity index (χ3n) is 3.34. The van der Waals surface area contributed by atoms with E-state index in [0.717, 1.165) is 0 Å². The summed E-state index contributed by atoms with van der Waals surface area (Å²) >= 11 is 12.1. The monoisotopic (exact) mass is 366 g/mol. The van der Waals surface area contributed by atoms with E-state index in [-0.39, 0.29) is 5.78 Å². The van der Waals surface area contributed by atoms with Gasteiger partial charge in [0.15, 0.2) is 17.3 Å². The summed E-state index contributed by atoms with van der Waals surface area (Å²) in [4.78, 5) is 12.4. The predicted molar refractivity (Wildman–Crippen MR) is 95.9 cm³/mol. The Balaban J connectivity index is 2.36. The maximum absolute atomic E-state index is 12.4. The largest absolute Gasteiger partial charge is 0.493 e. The first-order chi connectivity index (χ1) is 11.5. The minimum Gasteiger partial charge on any atom is -0.493 e. The highest BCUT2D eigenvalue weighted by atomic mass is 35.5. The Morgan fingerprint density at radius 3 is 2.17 bits per heavy atom. The molecule has 2 aromatic carbocycles. The third kappa shape index (κ3) is 3.83. The number of hydrogen-bond donors (Lipinski definition) is 0. The topological polar surface area (TPSA) is 44.8 Å². The van der Waals surface area contributed by atoms with Gasteiger partial charge >= 0.3 is 0 Å². The Kier molecular flexibility index (Phi) is 6.12. The fourth-order valence-electron chi connectivity index (χ4n) is 2.13. The number of rotatable bonds is 6. The van der Waals surface area contributed by atoms with Gasteiger partial charge in [-0.3, -0.25) is 4.79 Å². The van der Waals surface area contributed by atoms with E-state index in [9.17, 15) is 4.79 Å². The maximum atomic E-state index is 12.4. The van der Waals surface area contributed by atoms with Gasteiger partial charge in [0.25, 0.3) is 0 Å². The highest BCUT2D eigenvalue weighted by Crippen LogP contribution is 2.38. The maximum Gasteiger partial charge on any atom is 0.203 e. The van der Waals surface area contributed by atoms with E-state index in [1.54, 1.807) is 36.4 Å². The van der Waals surface area contributed by atoms with Gasteiger partial charge in [-0.05, 0) is 35.9 Å². The van der Waals surface area contributed by atoms with Crippen LogP contribution in [0.4, 0.5) is 0 Å². The lowest BCUT2D eigenvalue weighted by atomic mass is 10.1. The average molecular weight is 367 g/mol. The van der Waals surface area contributed by atoms with Crippen molar-refractivity contribution in [1.82, 2.24) is 0 Å². The van der Waals surface area contributed by atoms with Gasteiger partial charge in [-0.25, -0.2) is 0 Å². The van der Waals surface area contributed by atoms with Crippen molar-refractivity contribution >= 4 is 35.1 Å². The van der Waals surface area contributed by atoms with Crippen LogP contribution in [-0.2, 0) is 0 Å². The number of carbonyl (C=O) groups excluding carboxylic acids is 1. The molecule has 0 aliphatic carbocycles. The number of ether oxygens (including phenoxy) is 3. The summed E-state index contributed by atoms with van der Waals surface area (Å²) < 4.78 is 15.7. The summed E-state index contributed by atoms with van der Waals surface area (Å²) in [6.07, 6.45) is 3.03. The van der Waals surface area contributed by atoms with Crippen LogP contribution < -0.4 is 14.2 Å². The molecule has 0 atom stereocenters. The lowest BCUT2D eigenvalue weighted by Crippen LogP contribution is -2.00. The number of carbonyl (C=O) groups is 1. The zero-order valence-corrected chi connectivity index (χ0v) is 14.9. The van der Waals surface area contributed by atoms with Gasteiger partial charge < -0.3 is 14.2 Å². The molecule has 24 heavy (non-hydrogen) atoms. The van der Waals surface area contributed by atoms with Crippen molar-refractivity contribution < 1.29 is 19.0 Å². The normalized spacial score (nSPS) is 10.7. The van der Waals surface area contributed by atoms with Crippen LogP contribution in [0, 0.1) is 0 Å². The second kappa shape index (κ2) is 8.08. The van der Waals surface area contributed by atoms with Gasteiger partial charge in [-0.15, -0.1) is 0 Å². The van der Waals surface area contributed by atoms with E-state index in [1.165, 1.54) is 27.4 Å². The van der Waals surface area contributed by atoms with Crippen molar-refractivity contribution in [2.24, 2.45) is 0 Å². The van der Waals surface area contributed by atoms with E-state index in [0.29, 0.717) is 38.4 Å². The summed E-state index contributed by atoms with van der Waals surface area (Å²) in [6.45, 7) is 0. The molecule has 0 spiro atoms. The SMILES string of the molecule is COc1cc(C(=O)/C=C/c2cccc(Cl)c2Cl)cc(OC)c1OC. The van der Waals surface area contributed by atoms with Crippen molar-refractivity contribution in [2.45, 2.75) is 0 Å². The van der Waals surface area contributed by atoms with Crippen LogP contribution in [0.2, 0.25) is 10.0 Å². The Bertz CT molecular complexity index is 760. The van der Waals surface area contributed by atoms with Gasteiger partial charge in [0.1, 0.15) is 0 Å². The van der Waals surface area contributed by atoms with E-state index >= 15 is 0 Å². The number of methoxy groups -OCH3 is 3. The van der Waals surface area contributed by atoms with Gasteiger partial charge in [0, 0.05) is 5.56 Å². The first-order valence-electron chi connectivity index (χ1n) is 6.98. The highest BCUT2D eigenvalue weighted by molar-refractivity contribution is 6.42. The fraction of sp³-hybridized carbons (Fsp3) is 0.167. The first-order valence-corrected chi connectivity index (χ1v) is 7.73. The molecule has 2 aromatic rings. The molecular formula is C18H16Cl2O4. The predicted octanol–water partition coefficient (Wildman–Crippen LogP) is 4.92. The van der Waals surface area contributed by atoms with Gasteiger partial charge in [0.2, 0.25) is 5.75 Å². The van der Waals surface area contributed by atoms with Crippen LogP contribution in [0.25, 0.3) is 6.08 Å². The standard InChI is InChI=1S/C18H16Cl2O4/c1-22-15-9-12(10-16(23-2)18(15)24-3)14(21)8-7-11-5-4-6-13(19)17(11)20/h4-10H,1-3H3/b8-7+. The number of allylic oxidation sites excluding steroid dienone is 1.